The third kappa shape index (κ3) is 2.77. The molecule has 0 aromatic heterocycles. The summed E-state index contributed by atoms with van der Waals surface area (Å²) in [7, 11) is -3.45. The molecule has 0 spiro atoms. The lowest BCUT2D eigenvalue weighted by Crippen LogP contribution is -2.52. The van der Waals surface area contributed by atoms with Crippen LogP contribution >= 0.6 is 0 Å². The molecule has 114 valence electrons. The fourth-order valence-electron chi connectivity index (χ4n) is 3.78. The lowest BCUT2D eigenvalue weighted by molar-refractivity contribution is -0.127. The molecule has 1 aromatic carbocycles. The Morgan fingerprint density at radius 1 is 1.24 bits per heavy atom. The van der Waals surface area contributed by atoms with Gasteiger partial charge in [-0.1, -0.05) is 24.6 Å². The number of benzene rings is 1. The van der Waals surface area contributed by atoms with Gasteiger partial charge in [0, 0.05) is 25.9 Å². The number of hydrogen-bond donors (Lipinski definition) is 0. The van der Waals surface area contributed by atoms with Crippen molar-refractivity contribution in [2.45, 2.75) is 38.0 Å². The number of nitrogens with zero attached hydrogens (tertiary/aromatic N) is 1. The Bertz CT molecular complexity index is 665. The molecule has 2 atom stereocenters. The molecule has 2 unspecified atom stereocenters. The topological polar surface area (TPSA) is 54.5 Å². The largest absolute Gasteiger partial charge is 0.300 e. The van der Waals surface area contributed by atoms with E-state index < -0.39 is 10.0 Å². The van der Waals surface area contributed by atoms with Gasteiger partial charge in [-0.3, -0.25) is 4.79 Å². The van der Waals surface area contributed by atoms with Crippen molar-refractivity contribution in [3.63, 3.8) is 0 Å². The molecule has 5 heteroatoms. The number of ketones is 1. The van der Waals surface area contributed by atoms with E-state index in [1.54, 1.807) is 16.4 Å². The van der Waals surface area contributed by atoms with Gasteiger partial charge in [0.25, 0.3) is 0 Å². The summed E-state index contributed by atoms with van der Waals surface area (Å²) in [5.74, 6) is 0.450. The van der Waals surface area contributed by atoms with E-state index in [4.69, 9.17) is 0 Å². The summed E-state index contributed by atoms with van der Waals surface area (Å²) in [5.41, 5.74) is 0.845. The van der Waals surface area contributed by atoms with Crippen LogP contribution in [0, 0.1) is 18.3 Å². The average Bonchev–Trinajstić information content (AvgIpc) is 2.36. The lowest BCUT2D eigenvalue weighted by Gasteiger charge is -2.46. The Labute approximate surface area is 126 Å². The summed E-state index contributed by atoms with van der Waals surface area (Å²) in [6, 6.07) is 6.98. The van der Waals surface area contributed by atoms with Gasteiger partial charge in [-0.25, -0.2) is 8.42 Å². The van der Waals surface area contributed by atoms with Gasteiger partial charge in [-0.2, -0.15) is 4.31 Å². The Morgan fingerprint density at radius 3 is 2.52 bits per heavy atom. The summed E-state index contributed by atoms with van der Waals surface area (Å²) < 4.78 is 27.2. The zero-order valence-corrected chi connectivity index (χ0v) is 13.3. The molecule has 2 aliphatic rings. The third-order valence-corrected chi connectivity index (χ3v) is 6.43. The maximum absolute atomic E-state index is 12.8. The monoisotopic (exact) mass is 307 g/mol. The molecule has 1 aromatic rings. The van der Waals surface area contributed by atoms with E-state index in [1.807, 2.05) is 26.0 Å². The Morgan fingerprint density at radius 2 is 1.90 bits per heavy atom. The molecule has 2 fully saturated rings. The first-order valence-electron chi connectivity index (χ1n) is 7.37. The number of hydrogen-bond acceptors (Lipinski definition) is 3. The number of sulfonamides is 1. The van der Waals surface area contributed by atoms with Crippen LogP contribution in [0.15, 0.2) is 29.2 Å². The molecule has 0 N–H and O–H groups in total. The highest BCUT2D eigenvalue weighted by Crippen LogP contribution is 2.43. The zero-order chi connectivity index (χ0) is 15.3. The number of rotatable bonds is 2. The first-order chi connectivity index (χ1) is 9.78. The fraction of sp³-hybridized carbons (Fsp3) is 0.562. The lowest BCUT2D eigenvalue weighted by atomic mass is 9.68. The van der Waals surface area contributed by atoms with Gasteiger partial charge in [0.05, 0.1) is 4.90 Å². The summed E-state index contributed by atoms with van der Waals surface area (Å²) in [4.78, 5) is 12.1. The van der Waals surface area contributed by atoms with Crippen molar-refractivity contribution in [1.29, 1.82) is 0 Å². The van der Waals surface area contributed by atoms with Gasteiger partial charge in [0.2, 0.25) is 10.0 Å². The molecule has 4 nitrogen and oxygen atoms in total. The van der Waals surface area contributed by atoms with Crippen LogP contribution in [0.5, 0.6) is 0 Å². The van der Waals surface area contributed by atoms with Crippen LogP contribution in [-0.2, 0) is 14.8 Å². The molecule has 21 heavy (non-hydrogen) atoms. The number of carbonyl (C=O) groups is 1. The maximum atomic E-state index is 12.8. The SMILES string of the molecule is Cc1ccc(S(=O)(=O)N2CC3CC(=O)CC(C)(C3)C2)cc1. The average molecular weight is 307 g/mol. The molecule has 0 amide bonds. The maximum Gasteiger partial charge on any atom is 0.243 e. The molecule has 1 saturated carbocycles. The third-order valence-electron chi connectivity index (χ3n) is 4.60. The van der Waals surface area contributed by atoms with Gasteiger partial charge < -0.3 is 0 Å². The summed E-state index contributed by atoms with van der Waals surface area (Å²) in [5, 5.41) is 0. The predicted octanol–water partition coefficient (Wildman–Crippen LogP) is 2.37. The highest BCUT2D eigenvalue weighted by atomic mass is 32.2. The van der Waals surface area contributed by atoms with E-state index >= 15 is 0 Å². The van der Waals surface area contributed by atoms with E-state index in [2.05, 4.69) is 0 Å². The van der Waals surface area contributed by atoms with Crippen LogP contribution in [0.1, 0.15) is 31.7 Å². The summed E-state index contributed by atoms with van der Waals surface area (Å²) in [6.07, 6.45) is 1.98. The van der Waals surface area contributed by atoms with Crippen molar-refractivity contribution in [3.8, 4) is 0 Å². The van der Waals surface area contributed by atoms with Crippen LogP contribution in [0.3, 0.4) is 0 Å². The first kappa shape index (κ1) is 14.7. The highest BCUT2D eigenvalue weighted by molar-refractivity contribution is 7.89. The number of carbonyl (C=O) groups excluding carboxylic acids is 1. The molecule has 1 aliphatic carbocycles. The molecule has 2 bridgehead atoms. The van der Waals surface area contributed by atoms with E-state index in [9.17, 15) is 13.2 Å². The molecule has 1 aliphatic heterocycles. The quantitative estimate of drug-likeness (QED) is 0.843. The van der Waals surface area contributed by atoms with Crippen molar-refractivity contribution < 1.29 is 13.2 Å². The van der Waals surface area contributed by atoms with E-state index in [0.29, 0.717) is 30.8 Å². The minimum Gasteiger partial charge on any atom is -0.300 e. The summed E-state index contributed by atoms with van der Waals surface area (Å²) in [6.45, 7) is 4.89. The standard InChI is InChI=1S/C16H21NO3S/c1-12-3-5-15(6-4-12)21(19,20)17-10-13-7-14(18)9-16(2,8-13)11-17/h3-6,13H,7-11H2,1-2H3. The van der Waals surface area contributed by atoms with Gasteiger partial charge in [-0.05, 0) is 36.8 Å². The predicted molar refractivity (Wildman–Crippen MR) is 80.4 cm³/mol. The second-order valence-corrected chi connectivity index (χ2v) is 8.85. The number of aryl methyl sites for hydroxylation is 1. The van der Waals surface area contributed by atoms with Crippen molar-refractivity contribution in [2.75, 3.05) is 13.1 Å². The highest BCUT2D eigenvalue weighted by Gasteiger charge is 2.45. The van der Waals surface area contributed by atoms with Crippen molar-refractivity contribution in [2.24, 2.45) is 11.3 Å². The molecular weight excluding hydrogens is 286 g/mol. The van der Waals surface area contributed by atoms with Crippen LogP contribution < -0.4 is 0 Å². The van der Waals surface area contributed by atoms with Gasteiger partial charge in [0.1, 0.15) is 5.78 Å². The van der Waals surface area contributed by atoms with Crippen LogP contribution in [-0.4, -0.2) is 31.6 Å². The van der Waals surface area contributed by atoms with Crippen molar-refractivity contribution >= 4 is 15.8 Å². The zero-order valence-electron chi connectivity index (χ0n) is 12.5. The normalized spacial score (nSPS) is 30.4. The molecule has 1 saturated heterocycles. The minimum absolute atomic E-state index is 0.172. The minimum atomic E-state index is -3.45. The smallest absolute Gasteiger partial charge is 0.243 e. The van der Waals surface area contributed by atoms with Crippen molar-refractivity contribution in [3.05, 3.63) is 29.8 Å². The van der Waals surface area contributed by atoms with E-state index in [1.165, 1.54) is 0 Å². The van der Waals surface area contributed by atoms with Crippen molar-refractivity contribution in [1.82, 2.24) is 4.31 Å². The Kier molecular flexibility index (Phi) is 3.45. The second-order valence-electron chi connectivity index (χ2n) is 6.91. The second kappa shape index (κ2) is 4.92. The Balaban J connectivity index is 1.90. The number of fused-ring (bicyclic) bond motifs is 2. The molecule has 1 heterocycles. The van der Waals surface area contributed by atoms with E-state index in [-0.39, 0.29) is 17.1 Å². The molecular formula is C16H21NO3S. The number of Topliss-reactive ketones (excluding diaryl/α,β-unsaturated/α-hetero) is 1. The van der Waals surface area contributed by atoms with Gasteiger partial charge in [-0.15, -0.1) is 0 Å². The van der Waals surface area contributed by atoms with Crippen LogP contribution in [0.2, 0.25) is 0 Å². The molecule has 3 rings (SSSR count). The Hall–Kier alpha value is -1.20. The molecule has 0 radical (unpaired) electrons. The first-order valence-corrected chi connectivity index (χ1v) is 8.81. The number of piperidine rings is 1. The van der Waals surface area contributed by atoms with Gasteiger partial charge in [0.15, 0.2) is 0 Å². The fourth-order valence-corrected chi connectivity index (χ4v) is 5.45. The van der Waals surface area contributed by atoms with E-state index in [0.717, 1.165) is 12.0 Å². The van der Waals surface area contributed by atoms with Crippen LogP contribution in [0.4, 0.5) is 0 Å². The van der Waals surface area contributed by atoms with Gasteiger partial charge >= 0.3 is 0 Å². The summed E-state index contributed by atoms with van der Waals surface area (Å²) >= 11 is 0. The van der Waals surface area contributed by atoms with Crippen LogP contribution in [0.25, 0.3) is 0 Å².